The third kappa shape index (κ3) is 8.74. The maximum Gasteiger partial charge on any atom is 0.410 e. The highest BCUT2D eigenvalue weighted by atomic mass is 127. The number of hydrogen-bond acceptors (Lipinski definition) is 5. The Balaban J connectivity index is 0.00000450. The quantitative estimate of drug-likeness (QED) is 0.317. The predicted molar refractivity (Wildman–Crippen MR) is 134 cm³/mol. The molecule has 0 aromatic heterocycles. The van der Waals surface area contributed by atoms with Gasteiger partial charge in [-0.15, -0.1) is 24.0 Å². The second-order valence-electron chi connectivity index (χ2n) is 9.58. The minimum atomic E-state index is -0.440. The van der Waals surface area contributed by atoms with Gasteiger partial charge in [-0.2, -0.15) is 0 Å². The number of likely N-dealkylation sites (tertiary alicyclic amines) is 1. The van der Waals surface area contributed by atoms with E-state index in [1.54, 1.807) is 4.90 Å². The van der Waals surface area contributed by atoms with Crippen molar-refractivity contribution >= 4 is 36.0 Å². The number of amides is 1. The number of carbonyl (C=O) groups excluding carboxylic acids is 1. The Morgan fingerprint density at radius 3 is 2.30 bits per heavy atom. The topological polar surface area (TPSA) is 72.4 Å². The molecule has 2 heterocycles. The van der Waals surface area contributed by atoms with Gasteiger partial charge in [0.1, 0.15) is 5.60 Å². The van der Waals surface area contributed by atoms with Crippen molar-refractivity contribution in [2.75, 3.05) is 59.4 Å². The van der Waals surface area contributed by atoms with Crippen molar-refractivity contribution in [1.82, 2.24) is 25.3 Å². The second-order valence-corrected chi connectivity index (χ2v) is 9.58. The van der Waals surface area contributed by atoms with E-state index >= 15 is 0 Å². The molecule has 2 rings (SSSR count). The number of aliphatic imine (C=N–C) groups is 1. The molecule has 0 aromatic rings. The highest BCUT2D eigenvalue weighted by Gasteiger charge is 2.31. The van der Waals surface area contributed by atoms with Gasteiger partial charge in [-0.1, -0.05) is 6.92 Å². The summed E-state index contributed by atoms with van der Waals surface area (Å²) in [5.41, 5.74) is -0.440. The smallest absolute Gasteiger partial charge is 0.410 e. The standard InChI is InChI=1S/C21H42N6O2.HI/c1-16(2)27-14-17(3)18(15-27)24-19(22-7)23-8-9-25-10-12-26(13-11-25)20(28)29-21(4,5)6;/h16-18H,8-15H2,1-7H3,(H2,22,23,24);1H. The van der Waals surface area contributed by atoms with Crippen LogP contribution in [0.5, 0.6) is 0 Å². The summed E-state index contributed by atoms with van der Waals surface area (Å²) in [6.45, 7) is 19.7. The van der Waals surface area contributed by atoms with Gasteiger partial charge in [0.25, 0.3) is 0 Å². The van der Waals surface area contributed by atoms with Crippen LogP contribution in [-0.2, 0) is 4.74 Å². The fraction of sp³-hybridized carbons (Fsp3) is 0.905. The summed E-state index contributed by atoms with van der Waals surface area (Å²) in [4.78, 5) is 23.3. The summed E-state index contributed by atoms with van der Waals surface area (Å²) in [6.07, 6.45) is -0.207. The number of nitrogens with zero attached hydrogens (tertiary/aromatic N) is 4. The van der Waals surface area contributed by atoms with E-state index in [9.17, 15) is 4.79 Å². The molecule has 2 atom stereocenters. The van der Waals surface area contributed by atoms with Crippen LogP contribution in [0.1, 0.15) is 41.5 Å². The minimum Gasteiger partial charge on any atom is -0.444 e. The first-order valence-electron chi connectivity index (χ1n) is 11.0. The number of guanidine groups is 1. The number of carbonyl (C=O) groups is 1. The van der Waals surface area contributed by atoms with Crippen LogP contribution >= 0.6 is 24.0 Å². The molecule has 8 nitrogen and oxygen atoms in total. The summed E-state index contributed by atoms with van der Waals surface area (Å²) in [5.74, 6) is 1.48. The zero-order valence-corrected chi connectivity index (χ0v) is 22.2. The Bertz CT molecular complexity index is 558. The molecule has 0 aromatic carbocycles. The molecule has 2 N–H and O–H groups in total. The number of halogens is 1. The molecule has 0 saturated carbocycles. The minimum absolute atomic E-state index is 0. The molecule has 2 saturated heterocycles. The molecule has 2 fully saturated rings. The average Bonchev–Trinajstić information content (AvgIpc) is 3.01. The molecule has 2 aliphatic rings. The van der Waals surface area contributed by atoms with Crippen LogP contribution in [-0.4, -0.2) is 104 Å². The van der Waals surface area contributed by atoms with Gasteiger partial charge >= 0.3 is 6.09 Å². The molecule has 0 bridgehead atoms. The van der Waals surface area contributed by atoms with Gasteiger partial charge in [0.2, 0.25) is 0 Å². The summed E-state index contributed by atoms with van der Waals surface area (Å²) >= 11 is 0. The van der Waals surface area contributed by atoms with Crippen molar-refractivity contribution in [1.29, 1.82) is 0 Å². The summed E-state index contributed by atoms with van der Waals surface area (Å²) < 4.78 is 5.46. The van der Waals surface area contributed by atoms with Gasteiger partial charge in [-0.25, -0.2) is 4.79 Å². The third-order valence-electron chi connectivity index (χ3n) is 5.66. The van der Waals surface area contributed by atoms with Crippen LogP contribution in [0.2, 0.25) is 0 Å². The van der Waals surface area contributed by atoms with E-state index in [1.165, 1.54) is 0 Å². The fourth-order valence-corrected chi connectivity index (χ4v) is 3.80. The van der Waals surface area contributed by atoms with Crippen molar-refractivity contribution in [3.63, 3.8) is 0 Å². The Kier molecular flexibility index (Phi) is 11.1. The van der Waals surface area contributed by atoms with Crippen molar-refractivity contribution in [3.05, 3.63) is 0 Å². The van der Waals surface area contributed by atoms with E-state index in [-0.39, 0.29) is 30.1 Å². The highest BCUT2D eigenvalue weighted by molar-refractivity contribution is 14.0. The Labute approximate surface area is 200 Å². The van der Waals surface area contributed by atoms with Gasteiger partial charge in [0.05, 0.1) is 0 Å². The van der Waals surface area contributed by atoms with E-state index in [0.717, 1.165) is 45.2 Å². The second kappa shape index (κ2) is 12.3. The predicted octanol–water partition coefficient (Wildman–Crippen LogP) is 2.05. The van der Waals surface area contributed by atoms with E-state index < -0.39 is 5.60 Å². The molecule has 9 heteroatoms. The van der Waals surface area contributed by atoms with E-state index in [2.05, 4.69) is 46.2 Å². The third-order valence-corrected chi connectivity index (χ3v) is 5.66. The number of nitrogens with one attached hydrogen (secondary N) is 2. The normalized spacial score (nSPS) is 24.0. The first-order valence-corrected chi connectivity index (χ1v) is 11.0. The molecule has 0 spiro atoms. The van der Waals surface area contributed by atoms with Crippen LogP contribution in [0.15, 0.2) is 4.99 Å². The lowest BCUT2D eigenvalue weighted by atomic mass is 10.1. The zero-order valence-electron chi connectivity index (χ0n) is 19.9. The van der Waals surface area contributed by atoms with Crippen LogP contribution in [0.4, 0.5) is 4.79 Å². The Morgan fingerprint density at radius 2 is 1.80 bits per heavy atom. The molecule has 2 aliphatic heterocycles. The molecular weight excluding hydrogens is 495 g/mol. The van der Waals surface area contributed by atoms with Gasteiger partial charge in [-0.3, -0.25) is 14.8 Å². The lowest BCUT2D eigenvalue weighted by Crippen LogP contribution is -2.52. The van der Waals surface area contributed by atoms with Crippen LogP contribution < -0.4 is 10.6 Å². The van der Waals surface area contributed by atoms with Crippen LogP contribution in [0.3, 0.4) is 0 Å². The summed E-state index contributed by atoms with van der Waals surface area (Å²) in [6, 6.07) is 1.01. The first-order chi connectivity index (χ1) is 13.6. The van der Waals surface area contributed by atoms with Gasteiger partial charge in [0, 0.05) is 71.5 Å². The van der Waals surface area contributed by atoms with Crippen molar-refractivity contribution in [3.8, 4) is 0 Å². The summed E-state index contributed by atoms with van der Waals surface area (Å²) in [5, 5.41) is 7.04. The maximum absolute atomic E-state index is 12.2. The van der Waals surface area contributed by atoms with Crippen molar-refractivity contribution < 1.29 is 9.53 Å². The average molecular weight is 539 g/mol. The molecule has 1 amide bonds. The SMILES string of the molecule is CN=C(NCCN1CCN(C(=O)OC(C)(C)C)CC1)NC1CN(C(C)C)CC1C.I. The van der Waals surface area contributed by atoms with E-state index in [4.69, 9.17) is 4.74 Å². The summed E-state index contributed by atoms with van der Waals surface area (Å²) in [7, 11) is 1.83. The first kappa shape index (κ1) is 27.2. The van der Waals surface area contributed by atoms with E-state index in [1.807, 2.05) is 27.8 Å². The number of ether oxygens (including phenoxy) is 1. The van der Waals surface area contributed by atoms with Gasteiger partial charge in [-0.05, 0) is 40.5 Å². The van der Waals surface area contributed by atoms with Crippen LogP contribution in [0.25, 0.3) is 0 Å². The Morgan fingerprint density at radius 1 is 1.17 bits per heavy atom. The number of rotatable bonds is 5. The Hall–Kier alpha value is -0.810. The largest absolute Gasteiger partial charge is 0.444 e. The van der Waals surface area contributed by atoms with Gasteiger partial charge in [0.15, 0.2) is 5.96 Å². The lowest BCUT2D eigenvalue weighted by molar-refractivity contribution is 0.0147. The van der Waals surface area contributed by atoms with Crippen LogP contribution in [0, 0.1) is 5.92 Å². The molecule has 2 unspecified atom stereocenters. The lowest BCUT2D eigenvalue weighted by Gasteiger charge is -2.35. The molecule has 0 radical (unpaired) electrons. The van der Waals surface area contributed by atoms with Crippen molar-refractivity contribution in [2.45, 2.75) is 59.2 Å². The zero-order chi connectivity index (χ0) is 21.6. The molecule has 0 aliphatic carbocycles. The monoisotopic (exact) mass is 538 g/mol. The fourth-order valence-electron chi connectivity index (χ4n) is 3.80. The molecule has 30 heavy (non-hydrogen) atoms. The molecule has 176 valence electrons. The maximum atomic E-state index is 12.2. The van der Waals surface area contributed by atoms with Gasteiger partial charge < -0.3 is 20.3 Å². The highest BCUT2D eigenvalue weighted by Crippen LogP contribution is 2.18. The van der Waals surface area contributed by atoms with E-state index in [0.29, 0.717) is 31.1 Å². The number of hydrogen-bond donors (Lipinski definition) is 2. The van der Waals surface area contributed by atoms with Crippen molar-refractivity contribution in [2.24, 2.45) is 10.9 Å². The number of piperazine rings is 1. The molecular formula is C21H43IN6O2.